The molecule has 0 aliphatic carbocycles. The highest BCUT2D eigenvalue weighted by Crippen LogP contribution is 2.22. The highest BCUT2D eigenvalue weighted by atomic mass is 35.5. The molecule has 0 aliphatic rings. The van der Waals surface area contributed by atoms with Gasteiger partial charge in [-0.2, -0.15) is 10.5 Å². The van der Waals surface area contributed by atoms with Gasteiger partial charge in [-0.05, 0) is 48.4 Å². The predicted molar refractivity (Wildman–Crippen MR) is 113 cm³/mol. The summed E-state index contributed by atoms with van der Waals surface area (Å²) in [5.41, 5.74) is 3.44. The fourth-order valence-electron chi connectivity index (χ4n) is 2.69. The van der Waals surface area contributed by atoms with Gasteiger partial charge in [0.25, 0.3) is 0 Å². The number of anilines is 2. The van der Waals surface area contributed by atoms with Gasteiger partial charge >= 0.3 is 0 Å². The molecule has 5 nitrogen and oxygen atoms in total. The number of amides is 1. The maximum atomic E-state index is 12.1. The Labute approximate surface area is 170 Å². The molecule has 0 spiro atoms. The standard InChI is InChI=1S/C22H21ClN4O/c1-17-16-19(27(14-4-12-24)15-5-13-25)10-8-18(17)9-11-22(28)26-21-7-3-2-6-20(21)23/h2-3,6-11,16H,4-5,14-15H2,1H3,(H,26,28)/b11-9+. The Morgan fingerprint density at radius 3 is 2.43 bits per heavy atom. The zero-order valence-electron chi connectivity index (χ0n) is 15.7. The van der Waals surface area contributed by atoms with E-state index in [0.717, 1.165) is 16.8 Å². The van der Waals surface area contributed by atoms with Crippen molar-refractivity contribution in [1.29, 1.82) is 10.5 Å². The third kappa shape index (κ3) is 6.16. The number of halogens is 1. The van der Waals surface area contributed by atoms with Gasteiger partial charge in [-0.3, -0.25) is 4.79 Å². The summed E-state index contributed by atoms with van der Waals surface area (Å²) in [5, 5.41) is 20.9. The summed E-state index contributed by atoms with van der Waals surface area (Å²) in [6.45, 7) is 3.11. The summed E-state index contributed by atoms with van der Waals surface area (Å²) < 4.78 is 0. The fraction of sp³-hybridized carbons (Fsp3) is 0.227. The molecule has 0 atom stereocenters. The SMILES string of the molecule is Cc1cc(N(CCC#N)CCC#N)ccc1/C=C/C(=O)Nc1ccccc1Cl. The van der Waals surface area contributed by atoms with E-state index in [2.05, 4.69) is 17.5 Å². The smallest absolute Gasteiger partial charge is 0.248 e. The van der Waals surface area contributed by atoms with Crippen molar-refractivity contribution in [3.63, 3.8) is 0 Å². The number of para-hydroxylation sites is 1. The number of hydrogen-bond acceptors (Lipinski definition) is 4. The van der Waals surface area contributed by atoms with Gasteiger partial charge in [0.1, 0.15) is 0 Å². The summed E-state index contributed by atoms with van der Waals surface area (Å²) in [5.74, 6) is -0.263. The Hall–Kier alpha value is -3.28. The van der Waals surface area contributed by atoms with E-state index in [1.165, 1.54) is 6.08 Å². The number of aryl methyl sites for hydroxylation is 1. The molecule has 0 heterocycles. The van der Waals surface area contributed by atoms with Crippen molar-refractivity contribution < 1.29 is 4.79 Å². The van der Waals surface area contributed by atoms with E-state index >= 15 is 0 Å². The van der Waals surface area contributed by atoms with Crippen molar-refractivity contribution in [2.24, 2.45) is 0 Å². The Bertz CT molecular complexity index is 922. The zero-order chi connectivity index (χ0) is 20.4. The van der Waals surface area contributed by atoms with Crippen molar-refractivity contribution in [3.05, 3.63) is 64.7 Å². The lowest BCUT2D eigenvalue weighted by atomic mass is 10.1. The number of carbonyl (C=O) groups excluding carboxylic acids is 1. The van der Waals surface area contributed by atoms with Gasteiger partial charge in [-0.15, -0.1) is 0 Å². The van der Waals surface area contributed by atoms with Crippen LogP contribution in [0.3, 0.4) is 0 Å². The Morgan fingerprint density at radius 1 is 1.14 bits per heavy atom. The monoisotopic (exact) mass is 392 g/mol. The zero-order valence-corrected chi connectivity index (χ0v) is 16.4. The molecule has 142 valence electrons. The molecule has 0 saturated carbocycles. The molecule has 0 aliphatic heterocycles. The van der Waals surface area contributed by atoms with Gasteiger partial charge < -0.3 is 10.2 Å². The average Bonchev–Trinajstić information content (AvgIpc) is 2.69. The lowest BCUT2D eigenvalue weighted by Gasteiger charge is -2.23. The van der Waals surface area contributed by atoms with Crippen molar-refractivity contribution in [1.82, 2.24) is 0 Å². The van der Waals surface area contributed by atoms with E-state index in [-0.39, 0.29) is 5.91 Å². The van der Waals surface area contributed by atoms with Crippen LogP contribution in [0.25, 0.3) is 6.08 Å². The van der Waals surface area contributed by atoms with Crippen LogP contribution in [0.2, 0.25) is 5.02 Å². The maximum absolute atomic E-state index is 12.1. The largest absolute Gasteiger partial charge is 0.369 e. The van der Waals surface area contributed by atoms with E-state index in [1.54, 1.807) is 30.3 Å². The maximum Gasteiger partial charge on any atom is 0.248 e. The van der Waals surface area contributed by atoms with Gasteiger partial charge in [-0.25, -0.2) is 0 Å². The third-order valence-corrected chi connectivity index (χ3v) is 4.48. The van der Waals surface area contributed by atoms with Crippen LogP contribution in [-0.2, 0) is 4.79 Å². The molecule has 2 rings (SSSR count). The van der Waals surface area contributed by atoms with Gasteiger partial charge in [0.05, 0.1) is 35.7 Å². The van der Waals surface area contributed by atoms with Gasteiger partial charge in [0.2, 0.25) is 5.91 Å². The summed E-state index contributed by atoms with van der Waals surface area (Å²) in [4.78, 5) is 14.2. The predicted octanol–water partition coefficient (Wildman–Crippen LogP) is 4.93. The second-order valence-corrected chi connectivity index (χ2v) is 6.55. The average molecular weight is 393 g/mol. The first-order valence-corrected chi connectivity index (χ1v) is 9.26. The molecule has 0 radical (unpaired) electrons. The lowest BCUT2D eigenvalue weighted by Crippen LogP contribution is -2.25. The first kappa shape index (κ1) is 21.0. The molecule has 0 fully saturated rings. The molecule has 0 aromatic heterocycles. The number of hydrogen-bond donors (Lipinski definition) is 1. The normalized spacial score (nSPS) is 10.3. The number of benzene rings is 2. The molecule has 0 bridgehead atoms. The summed E-state index contributed by atoms with van der Waals surface area (Å²) >= 11 is 6.05. The number of rotatable bonds is 8. The van der Waals surface area contributed by atoms with Crippen LogP contribution in [0.1, 0.15) is 24.0 Å². The minimum atomic E-state index is -0.263. The summed E-state index contributed by atoms with van der Waals surface area (Å²) in [6, 6.07) is 17.2. The van der Waals surface area contributed by atoms with E-state index < -0.39 is 0 Å². The van der Waals surface area contributed by atoms with Crippen molar-refractivity contribution in [3.8, 4) is 12.1 Å². The highest BCUT2D eigenvalue weighted by Gasteiger charge is 2.08. The molecule has 1 amide bonds. The molecule has 1 N–H and O–H groups in total. The minimum Gasteiger partial charge on any atom is -0.369 e. The topological polar surface area (TPSA) is 79.9 Å². The first-order valence-electron chi connectivity index (χ1n) is 8.88. The number of nitrogens with zero attached hydrogens (tertiary/aromatic N) is 3. The molecule has 2 aromatic carbocycles. The van der Waals surface area contributed by atoms with Crippen LogP contribution in [0.5, 0.6) is 0 Å². The molecule has 0 unspecified atom stereocenters. The summed E-state index contributed by atoms with van der Waals surface area (Å²) in [7, 11) is 0. The van der Waals surface area contributed by atoms with E-state index in [1.807, 2.05) is 30.0 Å². The molecule has 6 heteroatoms. The Balaban J connectivity index is 2.09. The van der Waals surface area contributed by atoms with Crippen molar-refractivity contribution >= 4 is 35.0 Å². The van der Waals surface area contributed by atoms with Gasteiger partial charge in [0.15, 0.2) is 0 Å². The second-order valence-electron chi connectivity index (χ2n) is 6.15. The molecular weight excluding hydrogens is 372 g/mol. The van der Waals surface area contributed by atoms with Crippen LogP contribution < -0.4 is 10.2 Å². The fourth-order valence-corrected chi connectivity index (χ4v) is 2.87. The second kappa shape index (κ2) is 10.8. The molecule has 0 saturated heterocycles. The minimum absolute atomic E-state index is 0.263. The van der Waals surface area contributed by atoms with Crippen molar-refractivity contribution in [2.45, 2.75) is 19.8 Å². The number of nitriles is 2. The van der Waals surface area contributed by atoms with Crippen LogP contribution in [0, 0.1) is 29.6 Å². The van der Waals surface area contributed by atoms with E-state index in [9.17, 15) is 4.79 Å². The highest BCUT2D eigenvalue weighted by molar-refractivity contribution is 6.33. The van der Waals surface area contributed by atoms with Crippen LogP contribution in [0.15, 0.2) is 48.5 Å². The lowest BCUT2D eigenvalue weighted by molar-refractivity contribution is -0.111. The van der Waals surface area contributed by atoms with Crippen LogP contribution >= 0.6 is 11.6 Å². The molecule has 2 aromatic rings. The van der Waals surface area contributed by atoms with E-state index in [4.69, 9.17) is 22.1 Å². The van der Waals surface area contributed by atoms with Gasteiger partial charge in [0, 0.05) is 24.9 Å². The first-order chi connectivity index (χ1) is 13.5. The quantitative estimate of drug-likeness (QED) is 0.645. The number of nitrogens with one attached hydrogen (secondary N) is 1. The Kier molecular flexibility index (Phi) is 8.09. The van der Waals surface area contributed by atoms with Gasteiger partial charge in [-0.1, -0.05) is 29.8 Å². The number of carbonyl (C=O) groups is 1. The third-order valence-electron chi connectivity index (χ3n) is 4.15. The molecular formula is C22H21ClN4O. The molecule has 28 heavy (non-hydrogen) atoms. The van der Waals surface area contributed by atoms with E-state index in [0.29, 0.717) is 36.6 Å². The van der Waals surface area contributed by atoms with Crippen LogP contribution in [0.4, 0.5) is 11.4 Å². The summed E-state index contributed by atoms with van der Waals surface area (Å²) in [6.07, 6.45) is 4.01. The Morgan fingerprint density at radius 2 is 1.82 bits per heavy atom. The van der Waals surface area contributed by atoms with Crippen molar-refractivity contribution in [2.75, 3.05) is 23.3 Å². The van der Waals surface area contributed by atoms with Crippen LogP contribution in [-0.4, -0.2) is 19.0 Å².